The Morgan fingerprint density at radius 1 is 1.47 bits per heavy atom. The van der Waals surface area contributed by atoms with Crippen LogP contribution in [-0.4, -0.2) is 16.8 Å². The van der Waals surface area contributed by atoms with E-state index in [2.05, 4.69) is 5.32 Å². The van der Waals surface area contributed by atoms with E-state index >= 15 is 0 Å². The molecule has 2 N–H and O–H groups in total. The first-order chi connectivity index (χ1) is 6.97. The molecule has 1 amide bonds. The molecule has 3 nitrogen and oxygen atoms in total. The highest BCUT2D eigenvalue weighted by molar-refractivity contribution is 8.00. The molecule has 0 radical (unpaired) electrons. The smallest absolute Gasteiger partial charge is 0.234 e. The summed E-state index contributed by atoms with van der Waals surface area (Å²) in [6.07, 6.45) is 0. The molecule has 0 fully saturated rings. The lowest BCUT2D eigenvalue weighted by Gasteiger charge is -2.22. The van der Waals surface area contributed by atoms with Gasteiger partial charge in [-0.2, -0.15) is 0 Å². The van der Waals surface area contributed by atoms with E-state index in [0.29, 0.717) is 5.75 Å². The maximum absolute atomic E-state index is 11.1. The summed E-state index contributed by atoms with van der Waals surface area (Å²) in [5.74, 6) is 0.478. The van der Waals surface area contributed by atoms with Crippen LogP contribution in [0.5, 0.6) is 0 Å². The van der Waals surface area contributed by atoms with Crippen molar-refractivity contribution in [2.24, 2.45) is 0 Å². The number of carbonyl (C=O) groups is 1. The molecule has 0 unspecified atom stereocenters. The van der Waals surface area contributed by atoms with Crippen LogP contribution in [0.2, 0.25) is 0 Å². The average Bonchev–Trinajstić information content (AvgIpc) is 2.15. The number of carbonyl (C=O) groups excluding carboxylic acids is 1. The van der Waals surface area contributed by atoms with Crippen molar-refractivity contribution < 1.29 is 9.90 Å². The van der Waals surface area contributed by atoms with Gasteiger partial charge >= 0.3 is 0 Å². The largest absolute Gasteiger partial charge is 0.386 e. The van der Waals surface area contributed by atoms with Gasteiger partial charge in [0.15, 0.2) is 0 Å². The van der Waals surface area contributed by atoms with E-state index in [1.54, 1.807) is 13.8 Å². The number of nitrogens with one attached hydrogen (secondary N) is 1. The number of anilines is 1. The van der Waals surface area contributed by atoms with Gasteiger partial charge in [0.2, 0.25) is 5.91 Å². The number of hydrogen-bond acceptors (Lipinski definition) is 3. The minimum Gasteiger partial charge on any atom is -0.386 e. The Labute approximate surface area is 92.9 Å². The van der Waals surface area contributed by atoms with Crippen LogP contribution >= 0.6 is 11.8 Å². The summed E-state index contributed by atoms with van der Waals surface area (Å²) < 4.78 is 0. The molecule has 1 heterocycles. The molecular formula is C11H13NO2S. The van der Waals surface area contributed by atoms with Gasteiger partial charge in [0.25, 0.3) is 0 Å². The number of aliphatic hydroxyl groups is 1. The van der Waals surface area contributed by atoms with Crippen molar-refractivity contribution >= 4 is 23.4 Å². The minimum absolute atomic E-state index is 0.0310. The van der Waals surface area contributed by atoms with E-state index in [-0.39, 0.29) is 5.91 Å². The fourth-order valence-corrected chi connectivity index (χ4v) is 2.30. The van der Waals surface area contributed by atoms with Crippen molar-refractivity contribution in [1.29, 1.82) is 0 Å². The van der Waals surface area contributed by atoms with E-state index in [1.807, 2.05) is 18.2 Å². The van der Waals surface area contributed by atoms with Crippen LogP contribution in [0.4, 0.5) is 5.69 Å². The van der Waals surface area contributed by atoms with Gasteiger partial charge < -0.3 is 10.4 Å². The second-order valence-electron chi connectivity index (χ2n) is 4.11. The van der Waals surface area contributed by atoms with Crippen molar-refractivity contribution in [2.75, 3.05) is 11.1 Å². The fraction of sp³-hybridized carbons (Fsp3) is 0.364. The molecule has 80 valence electrons. The summed E-state index contributed by atoms with van der Waals surface area (Å²) in [7, 11) is 0. The zero-order chi connectivity index (χ0) is 11.1. The highest BCUT2D eigenvalue weighted by atomic mass is 32.2. The predicted molar refractivity (Wildman–Crippen MR) is 61.0 cm³/mol. The van der Waals surface area contributed by atoms with Gasteiger partial charge in [0, 0.05) is 4.90 Å². The molecule has 2 rings (SSSR count). The van der Waals surface area contributed by atoms with E-state index in [1.165, 1.54) is 11.8 Å². The summed E-state index contributed by atoms with van der Waals surface area (Å²) in [6, 6.07) is 5.61. The van der Waals surface area contributed by atoms with Crippen LogP contribution in [-0.2, 0) is 10.4 Å². The van der Waals surface area contributed by atoms with Gasteiger partial charge in [0.1, 0.15) is 0 Å². The lowest BCUT2D eigenvalue weighted by molar-refractivity contribution is -0.113. The van der Waals surface area contributed by atoms with Gasteiger partial charge in [-0.15, -0.1) is 11.8 Å². The van der Waals surface area contributed by atoms with Gasteiger partial charge in [0.05, 0.1) is 17.0 Å². The molecule has 1 aromatic carbocycles. The van der Waals surface area contributed by atoms with Crippen LogP contribution in [0.1, 0.15) is 19.4 Å². The molecule has 0 aromatic heterocycles. The quantitative estimate of drug-likeness (QED) is 0.765. The summed E-state index contributed by atoms with van der Waals surface area (Å²) in [4.78, 5) is 12.1. The number of fused-ring (bicyclic) bond motifs is 1. The van der Waals surface area contributed by atoms with Gasteiger partial charge in [-0.05, 0) is 31.5 Å². The Kier molecular flexibility index (Phi) is 2.48. The van der Waals surface area contributed by atoms with Gasteiger partial charge in [-0.3, -0.25) is 4.79 Å². The Morgan fingerprint density at radius 3 is 2.87 bits per heavy atom. The SMILES string of the molecule is CC(C)(O)c1ccc2c(c1)SCC(=O)N2. The second kappa shape index (κ2) is 3.54. The van der Waals surface area contributed by atoms with Crippen LogP contribution < -0.4 is 5.32 Å². The van der Waals surface area contributed by atoms with E-state index in [0.717, 1.165) is 16.1 Å². The molecule has 0 atom stereocenters. The maximum atomic E-state index is 11.1. The zero-order valence-corrected chi connectivity index (χ0v) is 9.52. The third-order valence-electron chi connectivity index (χ3n) is 2.32. The molecule has 15 heavy (non-hydrogen) atoms. The summed E-state index contributed by atoms with van der Waals surface area (Å²) in [6.45, 7) is 3.50. The summed E-state index contributed by atoms with van der Waals surface area (Å²) in [5, 5.41) is 12.6. The topological polar surface area (TPSA) is 49.3 Å². The molecule has 0 bridgehead atoms. The zero-order valence-electron chi connectivity index (χ0n) is 8.70. The van der Waals surface area contributed by atoms with Crippen molar-refractivity contribution in [2.45, 2.75) is 24.3 Å². The highest BCUT2D eigenvalue weighted by Crippen LogP contribution is 2.34. The number of hydrogen-bond donors (Lipinski definition) is 2. The monoisotopic (exact) mass is 223 g/mol. The van der Waals surface area contributed by atoms with Crippen molar-refractivity contribution in [1.82, 2.24) is 0 Å². The standard InChI is InChI=1S/C11H13NO2S/c1-11(2,14)7-3-4-8-9(5-7)15-6-10(13)12-8/h3-5,14H,6H2,1-2H3,(H,12,13). The van der Waals surface area contributed by atoms with Gasteiger partial charge in [-0.25, -0.2) is 0 Å². The highest BCUT2D eigenvalue weighted by Gasteiger charge is 2.20. The minimum atomic E-state index is -0.836. The first-order valence-electron chi connectivity index (χ1n) is 4.76. The third-order valence-corrected chi connectivity index (χ3v) is 3.38. The third kappa shape index (κ3) is 2.16. The molecule has 1 aliphatic heterocycles. The summed E-state index contributed by atoms with van der Waals surface area (Å²) >= 11 is 1.50. The van der Waals surface area contributed by atoms with E-state index in [4.69, 9.17) is 0 Å². The lowest BCUT2D eigenvalue weighted by atomic mass is 9.98. The maximum Gasteiger partial charge on any atom is 0.234 e. The Balaban J connectivity index is 2.39. The fourth-order valence-electron chi connectivity index (χ4n) is 1.46. The Bertz CT molecular complexity index is 410. The predicted octanol–water partition coefficient (Wildman–Crippen LogP) is 1.96. The van der Waals surface area contributed by atoms with Gasteiger partial charge in [-0.1, -0.05) is 6.07 Å². The molecule has 4 heteroatoms. The average molecular weight is 223 g/mol. The number of thioether (sulfide) groups is 1. The first-order valence-corrected chi connectivity index (χ1v) is 5.75. The van der Waals surface area contributed by atoms with Crippen LogP contribution in [0, 0.1) is 0 Å². The Morgan fingerprint density at radius 2 is 2.20 bits per heavy atom. The van der Waals surface area contributed by atoms with Crippen LogP contribution in [0.15, 0.2) is 23.1 Å². The molecular weight excluding hydrogens is 210 g/mol. The van der Waals surface area contributed by atoms with E-state index < -0.39 is 5.60 Å². The summed E-state index contributed by atoms with van der Waals surface area (Å²) in [5.41, 5.74) is 0.867. The second-order valence-corrected chi connectivity index (χ2v) is 5.12. The number of benzene rings is 1. The number of rotatable bonds is 1. The van der Waals surface area contributed by atoms with Crippen molar-refractivity contribution in [3.8, 4) is 0 Å². The number of amides is 1. The molecule has 0 spiro atoms. The molecule has 1 aromatic rings. The van der Waals surface area contributed by atoms with E-state index in [9.17, 15) is 9.90 Å². The first kappa shape index (κ1) is 10.5. The lowest BCUT2D eigenvalue weighted by Crippen LogP contribution is -2.20. The van der Waals surface area contributed by atoms with Crippen molar-refractivity contribution in [3.05, 3.63) is 23.8 Å². The van der Waals surface area contributed by atoms with Crippen molar-refractivity contribution in [3.63, 3.8) is 0 Å². The molecule has 1 aliphatic rings. The van der Waals surface area contributed by atoms with Crippen LogP contribution in [0.25, 0.3) is 0 Å². The Hall–Kier alpha value is -1.00. The molecule has 0 aliphatic carbocycles. The molecule has 0 saturated carbocycles. The van der Waals surface area contributed by atoms with Crippen LogP contribution in [0.3, 0.4) is 0 Å². The normalized spacial score (nSPS) is 15.8. The molecule has 0 saturated heterocycles.